The Kier molecular flexibility index (Phi) is 4.86. The van der Waals surface area contributed by atoms with Crippen LogP contribution in [0, 0.1) is 12.8 Å². The number of nitrogens with zero attached hydrogens (tertiary/aromatic N) is 2. The smallest absolute Gasteiger partial charge is 0.252 e. The van der Waals surface area contributed by atoms with Crippen molar-refractivity contribution in [2.45, 2.75) is 43.4 Å². The van der Waals surface area contributed by atoms with Crippen molar-refractivity contribution in [2.24, 2.45) is 5.92 Å². The molecule has 0 aliphatic carbocycles. The molecule has 0 N–H and O–H groups in total. The normalized spacial score (nSPS) is 23.4. The van der Waals surface area contributed by atoms with Crippen LogP contribution in [0.1, 0.15) is 30.2 Å². The van der Waals surface area contributed by atoms with E-state index < -0.39 is 10.0 Å². The maximum absolute atomic E-state index is 13.3. The van der Waals surface area contributed by atoms with E-state index in [9.17, 15) is 13.2 Å². The number of hydrogen-bond donors (Lipinski definition) is 0. The fourth-order valence-electron chi connectivity index (χ4n) is 4.14. The van der Waals surface area contributed by atoms with Crippen molar-refractivity contribution >= 4 is 33.0 Å². The maximum atomic E-state index is 13.3. The fraction of sp³-hybridized carbons (Fsp3) is 0.450. The van der Waals surface area contributed by atoms with Crippen LogP contribution in [0.3, 0.4) is 0 Å². The topological polar surface area (TPSA) is 57.7 Å². The molecule has 5 nitrogen and oxygen atoms in total. The van der Waals surface area contributed by atoms with Crippen LogP contribution < -0.4 is 4.90 Å². The van der Waals surface area contributed by atoms with Crippen LogP contribution in [-0.2, 0) is 21.2 Å². The van der Waals surface area contributed by atoms with Crippen molar-refractivity contribution < 1.29 is 13.2 Å². The van der Waals surface area contributed by atoms with Gasteiger partial charge in [-0.3, -0.25) is 4.79 Å². The highest BCUT2D eigenvalue weighted by Crippen LogP contribution is 2.35. The van der Waals surface area contributed by atoms with Gasteiger partial charge in [0.25, 0.3) is 10.0 Å². The monoisotopic (exact) mass is 404 g/mol. The first-order valence-electron chi connectivity index (χ1n) is 9.35. The van der Waals surface area contributed by atoms with E-state index in [-0.39, 0.29) is 24.4 Å². The van der Waals surface area contributed by atoms with Crippen molar-refractivity contribution in [1.82, 2.24) is 4.31 Å². The number of para-hydroxylation sites is 1. The fourth-order valence-corrected chi connectivity index (χ4v) is 7.10. The number of hydrogen-bond acceptors (Lipinski definition) is 4. The Morgan fingerprint density at radius 3 is 2.70 bits per heavy atom. The Morgan fingerprint density at radius 2 is 1.96 bits per heavy atom. The summed E-state index contributed by atoms with van der Waals surface area (Å²) in [7, 11) is -3.52. The minimum absolute atomic E-state index is 0.0507. The van der Waals surface area contributed by atoms with Crippen LogP contribution in [0.4, 0.5) is 5.69 Å². The van der Waals surface area contributed by atoms with Gasteiger partial charge in [-0.1, -0.05) is 18.2 Å². The van der Waals surface area contributed by atoms with E-state index in [0.29, 0.717) is 17.2 Å². The van der Waals surface area contributed by atoms with E-state index in [4.69, 9.17) is 0 Å². The zero-order valence-electron chi connectivity index (χ0n) is 15.6. The summed E-state index contributed by atoms with van der Waals surface area (Å²) >= 11 is 1.29. The van der Waals surface area contributed by atoms with E-state index in [2.05, 4.69) is 13.0 Å². The van der Waals surface area contributed by atoms with Crippen LogP contribution in [0.15, 0.2) is 40.6 Å². The van der Waals surface area contributed by atoms with E-state index in [1.807, 2.05) is 36.1 Å². The molecule has 144 valence electrons. The van der Waals surface area contributed by atoms with Gasteiger partial charge in [-0.25, -0.2) is 8.42 Å². The molecule has 4 rings (SSSR count). The summed E-state index contributed by atoms with van der Waals surface area (Å²) in [5.74, 6) is -0.238. The van der Waals surface area contributed by atoms with Gasteiger partial charge in [0.15, 0.2) is 0 Å². The van der Waals surface area contributed by atoms with E-state index in [0.717, 1.165) is 23.4 Å². The second kappa shape index (κ2) is 7.04. The lowest BCUT2D eigenvalue weighted by atomic mass is 9.97. The van der Waals surface area contributed by atoms with Crippen LogP contribution in [0.25, 0.3) is 0 Å². The molecule has 1 aromatic carbocycles. The summed E-state index contributed by atoms with van der Waals surface area (Å²) in [6, 6.07) is 11.6. The molecule has 3 heterocycles. The number of rotatable bonds is 3. The highest BCUT2D eigenvalue weighted by Gasteiger charge is 2.39. The van der Waals surface area contributed by atoms with Gasteiger partial charge in [-0.2, -0.15) is 4.31 Å². The minimum atomic E-state index is -3.52. The molecule has 27 heavy (non-hydrogen) atoms. The number of benzene rings is 1. The van der Waals surface area contributed by atoms with Gasteiger partial charge < -0.3 is 4.90 Å². The van der Waals surface area contributed by atoms with Crippen molar-refractivity contribution in [2.75, 3.05) is 18.0 Å². The predicted molar refractivity (Wildman–Crippen MR) is 108 cm³/mol. The molecule has 2 aliphatic rings. The molecule has 7 heteroatoms. The Balaban J connectivity index is 1.56. The lowest BCUT2D eigenvalue weighted by Gasteiger charge is -2.34. The Bertz CT molecular complexity index is 967. The summed E-state index contributed by atoms with van der Waals surface area (Å²) in [5.41, 5.74) is 2.16. The zero-order valence-corrected chi connectivity index (χ0v) is 17.2. The van der Waals surface area contributed by atoms with Gasteiger partial charge in [-0.15, -0.1) is 11.3 Å². The molecule has 2 atom stereocenters. The lowest BCUT2D eigenvalue weighted by molar-refractivity contribution is -0.123. The molecule has 0 radical (unpaired) electrons. The Morgan fingerprint density at radius 1 is 1.19 bits per heavy atom. The third kappa shape index (κ3) is 3.32. The highest BCUT2D eigenvalue weighted by atomic mass is 32.2. The first-order valence-corrected chi connectivity index (χ1v) is 11.6. The lowest BCUT2D eigenvalue weighted by Crippen LogP contribution is -2.48. The number of thiophene rings is 1. The number of fused-ring (bicyclic) bond motifs is 1. The minimum Gasteiger partial charge on any atom is -0.309 e. The van der Waals surface area contributed by atoms with Gasteiger partial charge >= 0.3 is 0 Å². The molecule has 2 aromatic rings. The summed E-state index contributed by atoms with van der Waals surface area (Å²) in [6.45, 7) is 4.71. The van der Waals surface area contributed by atoms with Crippen molar-refractivity contribution in [3.63, 3.8) is 0 Å². The largest absolute Gasteiger partial charge is 0.309 e. The first kappa shape index (κ1) is 18.7. The van der Waals surface area contributed by atoms with Gasteiger partial charge in [0.2, 0.25) is 5.91 Å². The number of piperidine rings is 1. The summed E-state index contributed by atoms with van der Waals surface area (Å²) < 4.78 is 27.8. The van der Waals surface area contributed by atoms with E-state index in [1.165, 1.54) is 21.2 Å². The number of aryl methyl sites for hydroxylation is 1. The van der Waals surface area contributed by atoms with Crippen molar-refractivity contribution in [3.8, 4) is 0 Å². The van der Waals surface area contributed by atoms with Crippen LogP contribution in [0.2, 0.25) is 0 Å². The number of anilines is 1. The van der Waals surface area contributed by atoms with Crippen LogP contribution >= 0.6 is 11.3 Å². The Labute approximate surface area is 164 Å². The van der Waals surface area contributed by atoms with Gasteiger partial charge in [-0.05, 0) is 56.9 Å². The molecule has 0 unspecified atom stereocenters. The zero-order chi connectivity index (χ0) is 19.2. The first-order chi connectivity index (χ1) is 12.9. The van der Waals surface area contributed by atoms with Crippen LogP contribution in [0.5, 0.6) is 0 Å². The summed E-state index contributed by atoms with van der Waals surface area (Å²) in [4.78, 5) is 16.1. The number of carbonyl (C=O) groups is 1. The molecule has 1 amide bonds. The molecular formula is C20H24N2O3S2. The third-order valence-electron chi connectivity index (χ3n) is 5.49. The number of carbonyl (C=O) groups excluding carboxylic acids is 1. The average molecular weight is 405 g/mol. The molecule has 1 fully saturated rings. The van der Waals surface area contributed by atoms with E-state index >= 15 is 0 Å². The van der Waals surface area contributed by atoms with Gasteiger partial charge in [0.05, 0.1) is 5.92 Å². The highest BCUT2D eigenvalue weighted by molar-refractivity contribution is 7.91. The van der Waals surface area contributed by atoms with Crippen LogP contribution in [-0.4, -0.2) is 37.8 Å². The predicted octanol–water partition coefficient (Wildman–Crippen LogP) is 3.44. The SMILES string of the molecule is Cc1ccc(S(=O)(=O)N2CCC[C@H](C(=O)N3c4ccccc4C[C@H]3C)C2)s1. The number of sulfonamides is 1. The summed E-state index contributed by atoms with van der Waals surface area (Å²) in [6.07, 6.45) is 2.30. The summed E-state index contributed by atoms with van der Waals surface area (Å²) in [5, 5.41) is 0. The molecule has 2 aliphatic heterocycles. The van der Waals surface area contributed by atoms with Crippen molar-refractivity contribution in [3.05, 3.63) is 46.8 Å². The second-order valence-corrected chi connectivity index (χ2v) is 10.9. The van der Waals surface area contributed by atoms with Gasteiger partial charge in [0.1, 0.15) is 4.21 Å². The molecule has 0 bridgehead atoms. The molecule has 1 saturated heterocycles. The second-order valence-electron chi connectivity index (χ2n) is 7.46. The molecule has 0 saturated carbocycles. The maximum Gasteiger partial charge on any atom is 0.252 e. The van der Waals surface area contributed by atoms with E-state index in [1.54, 1.807) is 6.07 Å². The Hall–Kier alpha value is -1.70. The quantitative estimate of drug-likeness (QED) is 0.787. The van der Waals surface area contributed by atoms with Gasteiger partial charge in [0, 0.05) is 29.7 Å². The standard InChI is InChI=1S/C20H24N2O3S2/c1-14-12-16-6-3-4-8-18(16)22(14)20(23)17-7-5-11-21(13-17)27(24,25)19-10-9-15(2)26-19/h3-4,6,8-10,14,17H,5,7,11-13H2,1-2H3/t14-,17+/m1/s1. The molecule has 1 aromatic heterocycles. The third-order valence-corrected chi connectivity index (χ3v) is 8.82. The molecular weight excluding hydrogens is 380 g/mol. The molecule has 0 spiro atoms. The van der Waals surface area contributed by atoms with Crippen molar-refractivity contribution in [1.29, 1.82) is 0 Å². The average Bonchev–Trinajstić information content (AvgIpc) is 3.24. The number of amides is 1.